The zero-order valence-electron chi connectivity index (χ0n) is 17.0. The van der Waals surface area contributed by atoms with Crippen LogP contribution >= 0.6 is 0 Å². The number of urea groups is 1. The maximum atomic E-state index is 13.6. The van der Waals surface area contributed by atoms with E-state index < -0.39 is 12.1 Å². The molecule has 0 spiro atoms. The zero-order chi connectivity index (χ0) is 21.8. The molecule has 2 amide bonds. The number of Topliss-reactive ketones (excluding diaryl/α,β-unsaturated/α-hetero) is 1. The van der Waals surface area contributed by atoms with Crippen molar-refractivity contribution >= 4 is 17.5 Å². The van der Waals surface area contributed by atoms with Crippen LogP contribution in [0.4, 0.5) is 4.79 Å². The number of ketones is 1. The number of phenolic OH excluding ortho intramolecular Hbond substituents is 1. The summed E-state index contributed by atoms with van der Waals surface area (Å²) in [4.78, 5) is 26.2. The first-order chi connectivity index (χ1) is 15.1. The molecule has 156 valence electrons. The quantitative estimate of drug-likeness (QED) is 0.521. The molecular formula is C25H22N2O4. The van der Waals surface area contributed by atoms with Crippen molar-refractivity contribution in [1.82, 2.24) is 10.6 Å². The molecule has 3 N–H and O–H groups in total. The van der Waals surface area contributed by atoms with Gasteiger partial charge in [-0.05, 0) is 30.2 Å². The summed E-state index contributed by atoms with van der Waals surface area (Å²) in [5, 5.41) is 15.8. The lowest BCUT2D eigenvalue weighted by atomic mass is 9.87. The minimum Gasteiger partial charge on any atom is -0.504 e. The van der Waals surface area contributed by atoms with E-state index in [2.05, 4.69) is 10.6 Å². The molecule has 0 aromatic heterocycles. The highest BCUT2D eigenvalue weighted by Crippen LogP contribution is 2.37. The lowest BCUT2D eigenvalue weighted by Gasteiger charge is -2.30. The van der Waals surface area contributed by atoms with Gasteiger partial charge in [0.25, 0.3) is 0 Å². The van der Waals surface area contributed by atoms with E-state index in [0.29, 0.717) is 34.8 Å². The molecular weight excluding hydrogens is 392 g/mol. The van der Waals surface area contributed by atoms with Crippen molar-refractivity contribution in [2.75, 3.05) is 6.61 Å². The number of hydrogen-bond acceptors (Lipinski definition) is 4. The Morgan fingerprint density at radius 1 is 1.00 bits per heavy atom. The molecule has 4 rings (SSSR count). The van der Waals surface area contributed by atoms with Crippen molar-refractivity contribution in [3.05, 3.63) is 101 Å². The zero-order valence-corrected chi connectivity index (χ0v) is 17.0. The van der Waals surface area contributed by atoms with Crippen molar-refractivity contribution in [3.63, 3.8) is 0 Å². The van der Waals surface area contributed by atoms with E-state index in [1.54, 1.807) is 36.4 Å². The van der Waals surface area contributed by atoms with Gasteiger partial charge in [0, 0.05) is 5.56 Å². The molecule has 0 unspecified atom stereocenters. The molecule has 6 heteroatoms. The lowest BCUT2D eigenvalue weighted by molar-refractivity contribution is 0.102. The lowest BCUT2D eigenvalue weighted by Crippen LogP contribution is -2.45. The minimum atomic E-state index is -0.725. The average Bonchev–Trinajstić information content (AvgIpc) is 2.81. The Morgan fingerprint density at radius 2 is 1.68 bits per heavy atom. The van der Waals surface area contributed by atoms with Crippen LogP contribution in [0.1, 0.15) is 34.5 Å². The van der Waals surface area contributed by atoms with Gasteiger partial charge in [-0.1, -0.05) is 66.7 Å². The topological polar surface area (TPSA) is 87.7 Å². The monoisotopic (exact) mass is 414 g/mol. The second-order valence-electron chi connectivity index (χ2n) is 7.04. The minimum absolute atomic E-state index is 0.00550. The van der Waals surface area contributed by atoms with Crippen molar-refractivity contribution in [2.24, 2.45) is 0 Å². The van der Waals surface area contributed by atoms with Crippen molar-refractivity contribution in [1.29, 1.82) is 0 Å². The van der Waals surface area contributed by atoms with Crippen molar-refractivity contribution < 1.29 is 19.4 Å². The van der Waals surface area contributed by atoms with E-state index in [1.807, 2.05) is 43.3 Å². The maximum absolute atomic E-state index is 13.6. The summed E-state index contributed by atoms with van der Waals surface area (Å²) in [6.45, 7) is 2.19. The second kappa shape index (κ2) is 8.75. The molecule has 0 bridgehead atoms. The van der Waals surface area contributed by atoms with Gasteiger partial charge < -0.3 is 20.5 Å². The largest absolute Gasteiger partial charge is 0.504 e. The highest BCUT2D eigenvalue weighted by atomic mass is 16.5. The Labute approximate surface area is 180 Å². The highest BCUT2D eigenvalue weighted by molar-refractivity contribution is 6.16. The predicted molar refractivity (Wildman–Crippen MR) is 118 cm³/mol. The third kappa shape index (κ3) is 4.14. The van der Waals surface area contributed by atoms with Gasteiger partial charge in [-0.15, -0.1) is 0 Å². The van der Waals surface area contributed by atoms with Gasteiger partial charge >= 0.3 is 6.03 Å². The first-order valence-corrected chi connectivity index (χ1v) is 10.0. The van der Waals surface area contributed by atoms with Crippen LogP contribution in [0.3, 0.4) is 0 Å². The molecule has 3 aromatic carbocycles. The van der Waals surface area contributed by atoms with Gasteiger partial charge in [0.1, 0.15) is 0 Å². The Balaban J connectivity index is 1.91. The van der Waals surface area contributed by atoms with Crippen LogP contribution in [-0.4, -0.2) is 23.5 Å². The summed E-state index contributed by atoms with van der Waals surface area (Å²) in [5.41, 5.74) is 2.73. The van der Waals surface area contributed by atoms with Crippen molar-refractivity contribution in [2.45, 2.75) is 13.0 Å². The normalized spacial score (nSPS) is 15.8. The summed E-state index contributed by atoms with van der Waals surface area (Å²) in [7, 11) is 0. The number of amides is 2. The molecule has 6 nitrogen and oxygen atoms in total. The fraction of sp³-hybridized carbons (Fsp3) is 0.120. The van der Waals surface area contributed by atoms with E-state index in [4.69, 9.17) is 4.74 Å². The summed E-state index contributed by atoms with van der Waals surface area (Å²) in [5.74, 6) is 0.0811. The van der Waals surface area contributed by atoms with Gasteiger partial charge in [0.2, 0.25) is 0 Å². The Kier molecular flexibility index (Phi) is 5.71. The molecule has 3 aromatic rings. The first kappa shape index (κ1) is 20.2. The van der Waals surface area contributed by atoms with Gasteiger partial charge in [-0.3, -0.25) is 4.79 Å². The number of aromatic hydroxyl groups is 1. The fourth-order valence-corrected chi connectivity index (χ4v) is 3.62. The Morgan fingerprint density at radius 3 is 2.35 bits per heavy atom. The van der Waals surface area contributed by atoms with E-state index in [1.165, 1.54) is 6.07 Å². The highest BCUT2D eigenvalue weighted by Gasteiger charge is 2.34. The van der Waals surface area contributed by atoms with Gasteiger partial charge in [-0.2, -0.15) is 0 Å². The maximum Gasteiger partial charge on any atom is 0.320 e. The number of benzene rings is 3. The summed E-state index contributed by atoms with van der Waals surface area (Å²) in [6.07, 6.45) is 0. The number of nitrogens with one attached hydrogen (secondary N) is 2. The third-order valence-electron chi connectivity index (χ3n) is 5.03. The van der Waals surface area contributed by atoms with Crippen LogP contribution in [0.15, 0.2) is 84.4 Å². The third-order valence-corrected chi connectivity index (χ3v) is 5.03. The number of carbonyl (C=O) groups excluding carboxylic acids is 2. The standard InChI is InChI=1S/C25H22N2O4/c1-2-31-20-15-18(13-14-19(20)28)23-21(24(29)17-11-7-4-8-12-17)22(26-25(30)27-23)16-9-5-3-6-10-16/h3-15,23,28H,2H2,1H3,(H2,26,27,30)/t23-/m0/s1. The van der Waals surface area contributed by atoms with Crippen LogP contribution in [0.5, 0.6) is 11.5 Å². The molecule has 1 atom stereocenters. The number of ether oxygens (including phenoxy) is 1. The number of carbonyl (C=O) groups is 2. The molecule has 0 radical (unpaired) electrons. The van der Waals surface area contributed by atoms with Crippen LogP contribution in [-0.2, 0) is 0 Å². The predicted octanol–water partition coefficient (Wildman–Crippen LogP) is 4.44. The molecule has 0 fully saturated rings. The van der Waals surface area contributed by atoms with E-state index in [0.717, 1.165) is 5.56 Å². The molecule has 0 aliphatic carbocycles. The summed E-state index contributed by atoms with van der Waals surface area (Å²) >= 11 is 0. The second-order valence-corrected chi connectivity index (χ2v) is 7.04. The van der Waals surface area contributed by atoms with Crippen LogP contribution in [0.25, 0.3) is 5.70 Å². The molecule has 0 saturated carbocycles. The van der Waals surface area contributed by atoms with E-state index in [-0.39, 0.29) is 11.5 Å². The molecule has 1 aliphatic rings. The average molecular weight is 414 g/mol. The molecule has 1 heterocycles. The van der Waals surface area contributed by atoms with Gasteiger partial charge in [-0.25, -0.2) is 4.79 Å². The van der Waals surface area contributed by atoms with Crippen LogP contribution in [0.2, 0.25) is 0 Å². The van der Waals surface area contributed by atoms with Crippen molar-refractivity contribution in [3.8, 4) is 11.5 Å². The Hall–Kier alpha value is -4.06. The molecule has 0 saturated heterocycles. The fourth-order valence-electron chi connectivity index (χ4n) is 3.62. The summed E-state index contributed by atoms with van der Waals surface area (Å²) in [6, 6.07) is 21.9. The van der Waals surface area contributed by atoms with E-state index >= 15 is 0 Å². The molecule has 31 heavy (non-hydrogen) atoms. The van der Waals surface area contributed by atoms with Crippen LogP contribution < -0.4 is 15.4 Å². The first-order valence-electron chi connectivity index (χ1n) is 10.0. The van der Waals surface area contributed by atoms with Gasteiger partial charge in [0.05, 0.1) is 23.9 Å². The number of rotatable bonds is 6. The number of hydrogen-bond donors (Lipinski definition) is 3. The number of phenols is 1. The van der Waals surface area contributed by atoms with Gasteiger partial charge in [0.15, 0.2) is 17.3 Å². The van der Waals surface area contributed by atoms with Crippen LogP contribution in [0, 0.1) is 0 Å². The van der Waals surface area contributed by atoms with E-state index in [9.17, 15) is 14.7 Å². The molecule has 1 aliphatic heterocycles. The smallest absolute Gasteiger partial charge is 0.320 e. The SMILES string of the molecule is CCOc1cc([C@@H]2NC(=O)NC(c3ccccc3)=C2C(=O)c2ccccc2)ccc1O. The Bertz CT molecular complexity index is 1140. The summed E-state index contributed by atoms with van der Waals surface area (Å²) < 4.78 is 5.51.